The van der Waals surface area contributed by atoms with Crippen molar-refractivity contribution in [3.63, 3.8) is 0 Å². The third-order valence-electron chi connectivity index (χ3n) is 4.28. The molecule has 1 saturated heterocycles. The second kappa shape index (κ2) is 7.31. The summed E-state index contributed by atoms with van der Waals surface area (Å²) in [5, 5.41) is -0.179. The van der Waals surface area contributed by atoms with E-state index in [-0.39, 0.29) is 18.2 Å². The van der Waals surface area contributed by atoms with Crippen LogP contribution in [0.25, 0.3) is 6.08 Å². The molecule has 0 spiro atoms. The largest absolute Gasteiger partial charge is 0.454 e. The van der Waals surface area contributed by atoms with Crippen LogP contribution in [0.5, 0.6) is 11.5 Å². The Morgan fingerprint density at radius 3 is 2.41 bits per heavy atom. The first-order chi connectivity index (χ1) is 13.7. The topological polar surface area (TPSA) is 55.8 Å². The fourth-order valence-corrected chi connectivity index (χ4v) is 3.86. The van der Waals surface area contributed by atoms with Gasteiger partial charge in [-0.15, -0.1) is 0 Å². The standard InChI is InChI=1S/C19H11ClF3NO4S/c20-13-7-15-14(27-9-28-15)6-11(13)8-24-17(25)16(29-18(24)26)5-10-1-3-12(4-2-10)19(21,22)23/h1-7H,8-9H2. The molecule has 0 saturated carbocycles. The zero-order chi connectivity index (χ0) is 20.8. The Labute approximate surface area is 172 Å². The van der Waals surface area contributed by atoms with Crippen LogP contribution < -0.4 is 9.47 Å². The highest BCUT2D eigenvalue weighted by Gasteiger charge is 2.36. The number of nitrogens with zero attached hydrogens (tertiary/aromatic N) is 1. The third kappa shape index (κ3) is 3.92. The van der Waals surface area contributed by atoms with E-state index in [4.69, 9.17) is 21.1 Å². The molecule has 2 aromatic rings. The van der Waals surface area contributed by atoms with Crippen molar-refractivity contribution < 1.29 is 32.2 Å². The summed E-state index contributed by atoms with van der Waals surface area (Å²) in [7, 11) is 0. The molecule has 0 bridgehead atoms. The molecule has 0 atom stereocenters. The molecule has 2 heterocycles. The highest BCUT2D eigenvalue weighted by atomic mass is 35.5. The first-order valence-corrected chi connectivity index (χ1v) is 9.42. The van der Waals surface area contributed by atoms with E-state index in [0.29, 0.717) is 39.4 Å². The molecule has 0 radical (unpaired) electrons. The van der Waals surface area contributed by atoms with Crippen molar-refractivity contribution in [3.8, 4) is 11.5 Å². The van der Waals surface area contributed by atoms with E-state index < -0.39 is 22.9 Å². The minimum absolute atomic E-state index is 0.0621. The van der Waals surface area contributed by atoms with Crippen LogP contribution in [0.15, 0.2) is 41.3 Å². The minimum Gasteiger partial charge on any atom is -0.454 e. The van der Waals surface area contributed by atoms with Crippen LogP contribution in [0, 0.1) is 0 Å². The summed E-state index contributed by atoms with van der Waals surface area (Å²) in [4.78, 5) is 26.1. The Bertz CT molecular complexity index is 1040. The predicted octanol–water partition coefficient (Wildman–Crippen LogP) is 5.32. The van der Waals surface area contributed by atoms with Gasteiger partial charge in [-0.1, -0.05) is 23.7 Å². The van der Waals surface area contributed by atoms with Gasteiger partial charge in [0.05, 0.1) is 17.0 Å². The molecule has 29 heavy (non-hydrogen) atoms. The van der Waals surface area contributed by atoms with Crippen molar-refractivity contribution in [2.24, 2.45) is 0 Å². The van der Waals surface area contributed by atoms with E-state index in [2.05, 4.69) is 0 Å². The minimum atomic E-state index is -4.44. The number of carbonyl (C=O) groups excluding carboxylic acids is 2. The van der Waals surface area contributed by atoms with Crippen molar-refractivity contribution in [2.45, 2.75) is 12.7 Å². The quantitative estimate of drug-likeness (QED) is 0.603. The van der Waals surface area contributed by atoms with Gasteiger partial charge in [-0.25, -0.2) is 0 Å². The van der Waals surface area contributed by atoms with Gasteiger partial charge in [0.25, 0.3) is 11.1 Å². The van der Waals surface area contributed by atoms with Gasteiger partial charge in [-0.2, -0.15) is 13.2 Å². The van der Waals surface area contributed by atoms with Crippen LogP contribution in [0.4, 0.5) is 18.0 Å². The number of hydrogen-bond donors (Lipinski definition) is 0. The van der Waals surface area contributed by atoms with Gasteiger partial charge in [0.15, 0.2) is 11.5 Å². The number of benzene rings is 2. The lowest BCUT2D eigenvalue weighted by Crippen LogP contribution is -2.27. The molecule has 10 heteroatoms. The predicted molar refractivity (Wildman–Crippen MR) is 101 cm³/mol. The van der Waals surface area contributed by atoms with Crippen LogP contribution in [0.3, 0.4) is 0 Å². The zero-order valence-electron chi connectivity index (χ0n) is 14.5. The van der Waals surface area contributed by atoms with Gasteiger partial charge >= 0.3 is 6.18 Å². The average molecular weight is 442 g/mol. The zero-order valence-corrected chi connectivity index (χ0v) is 16.0. The van der Waals surface area contributed by atoms with Gasteiger partial charge in [0.2, 0.25) is 6.79 Å². The number of rotatable bonds is 3. The number of carbonyl (C=O) groups is 2. The number of hydrogen-bond acceptors (Lipinski definition) is 5. The summed E-state index contributed by atoms with van der Waals surface area (Å²) in [5.74, 6) is 0.403. The molecule has 2 amide bonds. The van der Waals surface area contributed by atoms with E-state index in [9.17, 15) is 22.8 Å². The number of thioether (sulfide) groups is 1. The monoisotopic (exact) mass is 441 g/mol. The fraction of sp³-hybridized carbons (Fsp3) is 0.158. The van der Waals surface area contributed by atoms with E-state index in [1.165, 1.54) is 18.2 Å². The fourth-order valence-electron chi connectivity index (χ4n) is 2.81. The molecule has 4 rings (SSSR count). The number of halogens is 4. The van der Waals surface area contributed by atoms with E-state index in [1.54, 1.807) is 12.1 Å². The normalized spacial score (nSPS) is 17.5. The lowest BCUT2D eigenvalue weighted by atomic mass is 10.1. The van der Waals surface area contributed by atoms with Crippen LogP contribution >= 0.6 is 23.4 Å². The SMILES string of the molecule is O=C1SC(=Cc2ccc(C(F)(F)F)cc2)C(=O)N1Cc1cc2c(cc1Cl)OCO2. The number of amides is 2. The molecule has 5 nitrogen and oxygen atoms in total. The highest BCUT2D eigenvalue weighted by Crippen LogP contribution is 2.39. The Morgan fingerprint density at radius 2 is 1.76 bits per heavy atom. The second-order valence-corrected chi connectivity index (χ2v) is 7.58. The van der Waals surface area contributed by atoms with Crippen LogP contribution in [0.2, 0.25) is 5.02 Å². The van der Waals surface area contributed by atoms with Gasteiger partial charge in [0.1, 0.15) is 0 Å². The van der Waals surface area contributed by atoms with Crippen LogP contribution in [-0.4, -0.2) is 22.8 Å². The van der Waals surface area contributed by atoms with Crippen molar-refractivity contribution >= 4 is 40.6 Å². The van der Waals surface area contributed by atoms with Gasteiger partial charge in [-0.3, -0.25) is 14.5 Å². The molecule has 0 aromatic heterocycles. The first-order valence-electron chi connectivity index (χ1n) is 8.23. The second-order valence-electron chi connectivity index (χ2n) is 6.18. The van der Waals surface area contributed by atoms with E-state index in [1.807, 2.05) is 0 Å². The molecule has 0 N–H and O–H groups in total. The molecular weight excluding hydrogens is 431 g/mol. The van der Waals surface area contributed by atoms with E-state index in [0.717, 1.165) is 17.0 Å². The molecule has 2 aromatic carbocycles. The number of alkyl halides is 3. The first kappa shape index (κ1) is 19.7. The summed E-state index contributed by atoms with van der Waals surface area (Å²) in [6.07, 6.45) is -3.06. The number of ether oxygens (including phenoxy) is 2. The Balaban J connectivity index is 1.54. The molecular formula is C19H11ClF3NO4S. The highest BCUT2D eigenvalue weighted by molar-refractivity contribution is 8.18. The number of fused-ring (bicyclic) bond motifs is 1. The lowest BCUT2D eigenvalue weighted by Gasteiger charge is -2.14. The molecule has 150 valence electrons. The number of imide groups is 1. The Hall–Kier alpha value is -2.65. The maximum absolute atomic E-state index is 12.7. The van der Waals surface area contributed by atoms with E-state index >= 15 is 0 Å². The van der Waals surface area contributed by atoms with Gasteiger partial charge < -0.3 is 9.47 Å². The summed E-state index contributed by atoms with van der Waals surface area (Å²) in [6.45, 7) is -0.00293. The van der Waals surface area contributed by atoms with Crippen molar-refractivity contribution in [1.82, 2.24) is 4.90 Å². The molecule has 0 aliphatic carbocycles. The summed E-state index contributed by atoms with van der Waals surface area (Å²) in [6, 6.07) is 7.48. The maximum atomic E-state index is 12.7. The maximum Gasteiger partial charge on any atom is 0.416 e. The van der Waals surface area contributed by atoms with Crippen LogP contribution in [0.1, 0.15) is 16.7 Å². The van der Waals surface area contributed by atoms with Gasteiger partial charge in [-0.05, 0) is 47.2 Å². The molecule has 2 aliphatic heterocycles. The molecule has 1 fully saturated rings. The Morgan fingerprint density at radius 1 is 1.10 bits per heavy atom. The average Bonchev–Trinajstić information content (AvgIpc) is 3.21. The summed E-state index contributed by atoms with van der Waals surface area (Å²) in [5.41, 5.74) is 0.0961. The van der Waals surface area contributed by atoms with Crippen molar-refractivity contribution in [1.29, 1.82) is 0 Å². The van der Waals surface area contributed by atoms with Gasteiger partial charge in [0, 0.05) is 11.1 Å². The third-order valence-corrected chi connectivity index (χ3v) is 5.54. The smallest absolute Gasteiger partial charge is 0.416 e. The van der Waals surface area contributed by atoms with Crippen LogP contribution in [-0.2, 0) is 17.5 Å². The Kier molecular flexibility index (Phi) is 4.95. The summed E-state index contributed by atoms with van der Waals surface area (Å²) >= 11 is 6.92. The van der Waals surface area contributed by atoms with Crippen molar-refractivity contribution in [3.05, 3.63) is 63.0 Å². The molecule has 2 aliphatic rings. The summed E-state index contributed by atoms with van der Waals surface area (Å²) < 4.78 is 48.5. The lowest BCUT2D eigenvalue weighted by molar-refractivity contribution is -0.137. The molecule has 0 unspecified atom stereocenters. The van der Waals surface area contributed by atoms with Crippen molar-refractivity contribution in [2.75, 3.05) is 6.79 Å².